The molecule has 0 radical (unpaired) electrons. The van der Waals surface area contributed by atoms with Gasteiger partial charge in [-0.25, -0.2) is 0 Å². The zero-order valence-electron chi connectivity index (χ0n) is 13.0. The highest BCUT2D eigenvalue weighted by atomic mass is 16.5. The van der Waals surface area contributed by atoms with Gasteiger partial charge >= 0.3 is 0 Å². The number of hydrogen-bond donors (Lipinski definition) is 2. The fraction of sp³-hybridized carbons (Fsp3) is 0.333. The standard InChI is InChI=1S/C15H19N5O2/c1-8(2)10-5-6-12(18-15(10)22-4)17-11-7-9(3)19-20-13(11)14(16)21/h5-8H,1-4H3,(H2,16,21)(H,17,18,19). The molecule has 0 bridgehead atoms. The second kappa shape index (κ2) is 6.38. The van der Waals surface area contributed by atoms with Gasteiger partial charge in [-0.3, -0.25) is 4.79 Å². The minimum absolute atomic E-state index is 0.0688. The van der Waals surface area contributed by atoms with Crippen molar-refractivity contribution in [2.75, 3.05) is 12.4 Å². The molecule has 22 heavy (non-hydrogen) atoms. The van der Waals surface area contributed by atoms with Crippen molar-refractivity contribution in [3.8, 4) is 5.88 Å². The number of amides is 1. The van der Waals surface area contributed by atoms with Gasteiger partial charge in [-0.2, -0.15) is 10.1 Å². The highest BCUT2D eigenvalue weighted by Crippen LogP contribution is 2.27. The highest BCUT2D eigenvalue weighted by molar-refractivity contribution is 5.96. The molecule has 116 valence electrons. The normalized spacial score (nSPS) is 10.6. The van der Waals surface area contributed by atoms with Crippen LogP contribution >= 0.6 is 0 Å². The lowest BCUT2D eigenvalue weighted by molar-refractivity contribution is 0.0995. The minimum Gasteiger partial charge on any atom is -0.481 e. The highest BCUT2D eigenvalue weighted by Gasteiger charge is 2.14. The topological polar surface area (TPSA) is 103 Å². The zero-order valence-corrected chi connectivity index (χ0v) is 13.0. The summed E-state index contributed by atoms with van der Waals surface area (Å²) in [5.74, 6) is 0.721. The van der Waals surface area contributed by atoms with Crippen LogP contribution in [0.15, 0.2) is 18.2 Å². The number of aromatic nitrogens is 3. The molecule has 3 N–H and O–H groups in total. The molecule has 0 aliphatic carbocycles. The summed E-state index contributed by atoms with van der Waals surface area (Å²) in [7, 11) is 1.57. The molecule has 7 nitrogen and oxygen atoms in total. The lowest BCUT2D eigenvalue weighted by Crippen LogP contribution is -2.17. The summed E-state index contributed by atoms with van der Waals surface area (Å²) >= 11 is 0. The lowest BCUT2D eigenvalue weighted by atomic mass is 10.1. The Labute approximate surface area is 128 Å². The zero-order chi connectivity index (χ0) is 16.3. The van der Waals surface area contributed by atoms with Crippen molar-refractivity contribution < 1.29 is 9.53 Å². The van der Waals surface area contributed by atoms with Crippen LogP contribution < -0.4 is 15.8 Å². The second-order valence-electron chi connectivity index (χ2n) is 5.19. The molecule has 1 amide bonds. The number of ether oxygens (including phenoxy) is 1. The van der Waals surface area contributed by atoms with Crippen LogP contribution in [0.1, 0.15) is 41.5 Å². The van der Waals surface area contributed by atoms with Crippen LogP contribution in [0.4, 0.5) is 11.5 Å². The molecule has 0 aromatic carbocycles. The number of aryl methyl sites for hydroxylation is 1. The molecule has 7 heteroatoms. The van der Waals surface area contributed by atoms with Gasteiger partial charge in [0.25, 0.3) is 5.91 Å². The third-order valence-electron chi connectivity index (χ3n) is 3.12. The Morgan fingerprint density at radius 2 is 2.05 bits per heavy atom. The first-order valence-corrected chi connectivity index (χ1v) is 6.88. The van der Waals surface area contributed by atoms with Crippen LogP contribution in [-0.4, -0.2) is 28.2 Å². The molecule has 2 aromatic heterocycles. The van der Waals surface area contributed by atoms with E-state index in [1.807, 2.05) is 12.1 Å². The van der Waals surface area contributed by atoms with Gasteiger partial charge in [0.2, 0.25) is 5.88 Å². The molecule has 0 unspecified atom stereocenters. The van der Waals surface area contributed by atoms with Crippen LogP contribution in [0.25, 0.3) is 0 Å². The Morgan fingerprint density at radius 3 is 2.64 bits per heavy atom. The van der Waals surface area contributed by atoms with Gasteiger partial charge in [-0.05, 0) is 31.0 Å². The summed E-state index contributed by atoms with van der Waals surface area (Å²) in [5.41, 5.74) is 7.52. The first-order chi connectivity index (χ1) is 10.4. The molecule has 2 heterocycles. The number of nitrogens with zero attached hydrogens (tertiary/aromatic N) is 3. The van der Waals surface area contributed by atoms with Crippen molar-refractivity contribution in [3.05, 3.63) is 35.2 Å². The van der Waals surface area contributed by atoms with Gasteiger partial charge < -0.3 is 15.8 Å². The number of primary amides is 1. The van der Waals surface area contributed by atoms with Crippen molar-refractivity contribution in [3.63, 3.8) is 0 Å². The number of carbonyl (C=O) groups is 1. The van der Waals surface area contributed by atoms with Gasteiger partial charge in [0.1, 0.15) is 5.82 Å². The van der Waals surface area contributed by atoms with Crippen molar-refractivity contribution in [2.45, 2.75) is 26.7 Å². The molecule has 2 aromatic rings. The predicted octanol–water partition coefficient (Wildman–Crippen LogP) is 2.15. The van der Waals surface area contributed by atoms with E-state index in [9.17, 15) is 4.79 Å². The Bertz CT molecular complexity index is 700. The van der Waals surface area contributed by atoms with Crippen molar-refractivity contribution >= 4 is 17.4 Å². The maximum Gasteiger partial charge on any atom is 0.271 e. The summed E-state index contributed by atoms with van der Waals surface area (Å²) in [4.78, 5) is 15.8. The van der Waals surface area contributed by atoms with Crippen LogP contribution in [0.2, 0.25) is 0 Å². The maximum atomic E-state index is 11.4. The number of nitrogens with two attached hydrogens (primary N) is 1. The van der Waals surface area contributed by atoms with Gasteiger partial charge in [0.05, 0.1) is 18.5 Å². The Balaban J connectivity index is 2.39. The van der Waals surface area contributed by atoms with Crippen molar-refractivity contribution in [1.29, 1.82) is 0 Å². The van der Waals surface area contributed by atoms with Crippen molar-refractivity contribution in [2.24, 2.45) is 5.73 Å². The second-order valence-corrected chi connectivity index (χ2v) is 5.19. The van der Waals surface area contributed by atoms with Gasteiger partial charge in [0, 0.05) is 5.56 Å². The van der Waals surface area contributed by atoms with Gasteiger partial charge in [-0.1, -0.05) is 13.8 Å². The minimum atomic E-state index is -0.652. The number of nitrogens with one attached hydrogen (secondary N) is 1. The molecule has 0 aliphatic heterocycles. The van der Waals surface area contributed by atoms with E-state index in [4.69, 9.17) is 10.5 Å². The largest absolute Gasteiger partial charge is 0.481 e. The molecule has 0 saturated heterocycles. The van der Waals surface area contributed by atoms with E-state index in [2.05, 4.69) is 34.3 Å². The average molecular weight is 301 g/mol. The van der Waals surface area contributed by atoms with Gasteiger partial charge in [0.15, 0.2) is 5.69 Å². The average Bonchev–Trinajstić information content (AvgIpc) is 2.46. The third-order valence-corrected chi connectivity index (χ3v) is 3.12. The number of methoxy groups -OCH3 is 1. The van der Waals surface area contributed by atoms with Crippen LogP contribution in [0, 0.1) is 6.92 Å². The van der Waals surface area contributed by atoms with E-state index in [1.165, 1.54) is 0 Å². The van der Waals surface area contributed by atoms with E-state index in [0.29, 0.717) is 29.0 Å². The maximum absolute atomic E-state index is 11.4. The fourth-order valence-corrected chi connectivity index (χ4v) is 2.03. The van der Waals surface area contributed by atoms with E-state index >= 15 is 0 Å². The first kappa shape index (κ1) is 15.7. The monoisotopic (exact) mass is 301 g/mol. The summed E-state index contributed by atoms with van der Waals surface area (Å²) in [5, 5.41) is 10.7. The molecule has 0 fully saturated rings. The van der Waals surface area contributed by atoms with E-state index < -0.39 is 5.91 Å². The Kier molecular flexibility index (Phi) is 4.55. The number of carbonyl (C=O) groups excluding carboxylic acids is 1. The SMILES string of the molecule is COc1nc(Nc2cc(C)nnc2C(N)=O)ccc1C(C)C. The summed E-state index contributed by atoms with van der Waals surface area (Å²) in [6, 6.07) is 5.44. The molecule has 0 atom stereocenters. The molecule has 0 aliphatic rings. The van der Waals surface area contributed by atoms with E-state index in [-0.39, 0.29) is 5.69 Å². The smallest absolute Gasteiger partial charge is 0.271 e. The van der Waals surface area contributed by atoms with Crippen LogP contribution in [0.3, 0.4) is 0 Å². The van der Waals surface area contributed by atoms with E-state index in [0.717, 1.165) is 5.56 Å². The van der Waals surface area contributed by atoms with E-state index in [1.54, 1.807) is 20.1 Å². The third kappa shape index (κ3) is 3.30. The van der Waals surface area contributed by atoms with Crippen molar-refractivity contribution in [1.82, 2.24) is 15.2 Å². The lowest BCUT2D eigenvalue weighted by Gasteiger charge is -2.14. The number of pyridine rings is 1. The first-order valence-electron chi connectivity index (χ1n) is 6.88. The summed E-state index contributed by atoms with van der Waals surface area (Å²) < 4.78 is 5.32. The van der Waals surface area contributed by atoms with Crippen LogP contribution in [-0.2, 0) is 0 Å². The number of hydrogen-bond acceptors (Lipinski definition) is 6. The quantitative estimate of drug-likeness (QED) is 0.877. The Morgan fingerprint density at radius 1 is 1.32 bits per heavy atom. The molecule has 0 saturated carbocycles. The van der Waals surface area contributed by atoms with Gasteiger partial charge in [-0.15, -0.1) is 5.10 Å². The molecule has 2 rings (SSSR count). The number of rotatable bonds is 5. The molecular weight excluding hydrogens is 282 g/mol. The molecule has 0 spiro atoms. The van der Waals surface area contributed by atoms with Crippen LogP contribution in [0.5, 0.6) is 5.88 Å². The predicted molar refractivity (Wildman–Crippen MR) is 83.4 cm³/mol. The fourth-order valence-electron chi connectivity index (χ4n) is 2.03. The Hall–Kier alpha value is -2.70. The summed E-state index contributed by atoms with van der Waals surface area (Å²) in [6.07, 6.45) is 0. The number of anilines is 2. The molecular formula is C15H19N5O2. The summed E-state index contributed by atoms with van der Waals surface area (Å²) in [6.45, 7) is 5.90.